The van der Waals surface area contributed by atoms with Crippen LogP contribution in [0.4, 0.5) is 18.9 Å². The molecule has 31 heavy (non-hydrogen) atoms. The van der Waals surface area contributed by atoms with Crippen LogP contribution in [-0.4, -0.2) is 21.4 Å². The number of amidine groups is 1. The topological polar surface area (TPSA) is 45.1 Å². The normalized spacial score (nSPS) is 17.3. The van der Waals surface area contributed by atoms with Gasteiger partial charge in [0, 0.05) is 11.1 Å². The zero-order chi connectivity index (χ0) is 23.0. The number of ether oxygens (including phenoxy) is 1. The number of phenols is 1. The number of phenolic OH excluding ortho intramolecular Hbond substituents is 1. The Labute approximate surface area is 180 Å². The molecule has 4 nitrogen and oxygen atoms in total. The van der Waals surface area contributed by atoms with E-state index in [9.17, 15) is 18.3 Å². The summed E-state index contributed by atoms with van der Waals surface area (Å²) in [5.74, 6) is 1.14. The van der Waals surface area contributed by atoms with E-state index in [0.717, 1.165) is 12.1 Å². The number of hydrogen-bond acceptors (Lipinski definition) is 4. The quantitative estimate of drug-likeness (QED) is 0.533. The van der Waals surface area contributed by atoms with Crippen LogP contribution < -0.4 is 0 Å². The lowest BCUT2D eigenvalue weighted by molar-refractivity contribution is -0.137. The Morgan fingerprint density at radius 1 is 1.13 bits per heavy atom. The van der Waals surface area contributed by atoms with Crippen molar-refractivity contribution in [2.45, 2.75) is 58.9 Å². The van der Waals surface area contributed by atoms with Crippen molar-refractivity contribution in [3.63, 3.8) is 0 Å². The monoisotopic (exact) mass is 432 g/mol. The summed E-state index contributed by atoms with van der Waals surface area (Å²) < 4.78 is 46.1. The lowest BCUT2D eigenvalue weighted by Gasteiger charge is -2.39. The molecule has 2 aromatic rings. The van der Waals surface area contributed by atoms with Crippen molar-refractivity contribution in [1.29, 1.82) is 0 Å². The van der Waals surface area contributed by atoms with Gasteiger partial charge in [0.25, 0.3) is 0 Å². The zero-order valence-electron chi connectivity index (χ0n) is 18.3. The fourth-order valence-corrected chi connectivity index (χ4v) is 3.45. The van der Waals surface area contributed by atoms with E-state index in [2.05, 4.69) is 4.99 Å². The summed E-state index contributed by atoms with van der Waals surface area (Å²) in [4.78, 5) is 6.52. The largest absolute Gasteiger partial charge is 0.508 e. The van der Waals surface area contributed by atoms with E-state index in [1.165, 1.54) is 18.2 Å². The molecule has 2 aromatic carbocycles. The molecule has 0 spiro atoms. The van der Waals surface area contributed by atoms with Crippen LogP contribution in [-0.2, 0) is 10.9 Å². The molecule has 0 fully saturated rings. The lowest BCUT2D eigenvalue weighted by atomic mass is 9.98. The van der Waals surface area contributed by atoms with Gasteiger partial charge in [-0.15, -0.1) is 0 Å². The maximum Gasteiger partial charge on any atom is 0.416 e. The summed E-state index contributed by atoms with van der Waals surface area (Å²) in [5, 5.41) is 9.69. The summed E-state index contributed by atoms with van der Waals surface area (Å²) >= 11 is 0. The predicted octanol–water partition coefficient (Wildman–Crippen LogP) is 6.93. The molecule has 0 aliphatic carbocycles. The van der Waals surface area contributed by atoms with E-state index >= 15 is 0 Å². The van der Waals surface area contributed by atoms with Crippen molar-refractivity contribution < 1.29 is 23.0 Å². The Morgan fingerprint density at radius 2 is 1.77 bits per heavy atom. The molecule has 1 N–H and O–H groups in total. The van der Waals surface area contributed by atoms with E-state index in [1.54, 1.807) is 12.1 Å². The molecule has 0 radical (unpaired) electrons. The highest BCUT2D eigenvalue weighted by Crippen LogP contribution is 2.42. The number of rotatable bonds is 4. The number of aromatic hydroxyl groups is 1. The Balaban J connectivity index is 2.21. The first-order valence-corrected chi connectivity index (χ1v) is 10.2. The smallest absolute Gasteiger partial charge is 0.416 e. The Morgan fingerprint density at radius 3 is 2.32 bits per heavy atom. The van der Waals surface area contributed by atoms with Crippen molar-refractivity contribution >= 4 is 11.5 Å². The highest BCUT2D eigenvalue weighted by molar-refractivity contribution is 6.02. The van der Waals surface area contributed by atoms with E-state index in [-0.39, 0.29) is 17.5 Å². The molecule has 3 rings (SSSR count). The standard InChI is InChI=1S/C24H27F3N2O2/c1-6-7-21(31-23(3,4)5)29-15(2)19-13-10-17(24(25,26)27)14-20(19)28-22(29)16-8-11-18(30)12-9-16/h7-15,30H,6H2,1-5H3/b21-7+. The fourth-order valence-electron chi connectivity index (χ4n) is 3.45. The summed E-state index contributed by atoms with van der Waals surface area (Å²) in [5.41, 5.74) is 0.382. The van der Waals surface area contributed by atoms with Gasteiger partial charge in [0.05, 0.1) is 17.3 Å². The van der Waals surface area contributed by atoms with Gasteiger partial charge in [0.2, 0.25) is 0 Å². The Bertz CT molecular complexity index is 1000. The molecule has 0 saturated carbocycles. The molecular weight excluding hydrogens is 405 g/mol. The van der Waals surface area contributed by atoms with Crippen LogP contribution in [0.2, 0.25) is 0 Å². The van der Waals surface area contributed by atoms with E-state index < -0.39 is 17.3 Å². The first kappa shape index (κ1) is 22.7. The van der Waals surface area contributed by atoms with Crippen LogP contribution in [0.15, 0.2) is 59.4 Å². The molecule has 166 valence electrons. The highest BCUT2D eigenvalue weighted by atomic mass is 19.4. The number of aliphatic imine (C=N–C) groups is 1. The molecule has 7 heteroatoms. The maximum absolute atomic E-state index is 13.3. The van der Waals surface area contributed by atoms with Gasteiger partial charge >= 0.3 is 6.18 Å². The molecule has 1 unspecified atom stereocenters. The SMILES string of the molecule is CC/C=C(/OC(C)(C)C)N1C(c2ccc(O)cc2)=Nc2cc(C(F)(F)F)ccc2C1C. The first-order chi connectivity index (χ1) is 14.4. The van der Waals surface area contributed by atoms with Crippen LogP contribution in [0.25, 0.3) is 0 Å². The first-order valence-electron chi connectivity index (χ1n) is 10.2. The Hall–Kier alpha value is -2.96. The molecule has 0 amide bonds. The van der Waals surface area contributed by atoms with Gasteiger partial charge in [-0.25, -0.2) is 4.99 Å². The van der Waals surface area contributed by atoms with Gasteiger partial charge in [0.15, 0.2) is 5.88 Å². The molecule has 0 bridgehead atoms. The van der Waals surface area contributed by atoms with Gasteiger partial charge in [-0.05, 0) is 76.6 Å². The average Bonchev–Trinajstić information content (AvgIpc) is 2.66. The minimum atomic E-state index is -4.45. The minimum Gasteiger partial charge on any atom is -0.508 e. The average molecular weight is 432 g/mol. The third kappa shape index (κ3) is 5.03. The summed E-state index contributed by atoms with van der Waals surface area (Å²) in [6.45, 7) is 9.71. The third-order valence-electron chi connectivity index (χ3n) is 4.80. The molecular formula is C24H27F3N2O2. The van der Waals surface area contributed by atoms with Crippen molar-refractivity contribution in [3.8, 4) is 5.75 Å². The van der Waals surface area contributed by atoms with Crippen molar-refractivity contribution in [2.75, 3.05) is 0 Å². The second kappa shape index (κ2) is 8.29. The number of allylic oxidation sites excluding steroid dienone is 1. The van der Waals surface area contributed by atoms with E-state index in [4.69, 9.17) is 4.74 Å². The van der Waals surface area contributed by atoms with Gasteiger partial charge in [0.1, 0.15) is 17.2 Å². The molecule has 1 atom stereocenters. The summed E-state index contributed by atoms with van der Waals surface area (Å²) in [6, 6.07) is 9.75. The minimum absolute atomic E-state index is 0.0924. The second-order valence-corrected chi connectivity index (χ2v) is 8.46. The van der Waals surface area contributed by atoms with Gasteiger partial charge < -0.3 is 9.84 Å². The third-order valence-corrected chi connectivity index (χ3v) is 4.80. The van der Waals surface area contributed by atoms with E-state index in [0.29, 0.717) is 29.3 Å². The molecule has 1 aliphatic rings. The summed E-state index contributed by atoms with van der Waals surface area (Å²) in [7, 11) is 0. The number of fused-ring (bicyclic) bond motifs is 1. The molecule has 0 saturated heterocycles. The maximum atomic E-state index is 13.3. The number of nitrogens with zero attached hydrogens (tertiary/aromatic N) is 2. The van der Waals surface area contributed by atoms with Crippen molar-refractivity contribution in [1.82, 2.24) is 4.90 Å². The zero-order valence-corrected chi connectivity index (χ0v) is 18.3. The van der Waals surface area contributed by atoms with Crippen LogP contribution in [0.1, 0.15) is 63.8 Å². The highest BCUT2D eigenvalue weighted by Gasteiger charge is 2.36. The summed E-state index contributed by atoms with van der Waals surface area (Å²) in [6.07, 6.45) is -1.81. The van der Waals surface area contributed by atoms with Crippen LogP contribution in [0, 0.1) is 0 Å². The van der Waals surface area contributed by atoms with Gasteiger partial charge in [-0.2, -0.15) is 13.2 Å². The van der Waals surface area contributed by atoms with Crippen molar-refractivity contribution in [3.05, 3.63) is 71.1 Å². The van der Waals surface area contributed by atoms with Crippen LogP contribution in [0.5, 0.6) is 5.75 Å². The number of benzene rings is 2. The van der Waals surface area contributed by atoms with E-state index in [1.807, 2.05) is 45.6 Å². The second-order valence-electron chi connectivity index (χ2n) is 8.46. The van der Waals surface area contributed by atoms with Crippen molar-refractivity contribution in [2.24, 2.45) is 4.99 Å². The fraction of sp³-hybridized carbons (Fsp3) is 0.375. The Kier molecular flexibility index (Phi) is 6.07. The predicted molar refractivity (Wildman–Crippen MR) is 115 cm³/mol. The van der Waals surface area contributed by atoms with Crippen LogP contribution >= 0.6 is 0 Å². The lowest BCUT2D eigenvalue weighted by Crippen LogP contribution is -2.39. The molecule has 1 aliphatic heterocycles. The molecule has 1 heterocycles. The van der Waals surface area contributed by atoms with Crippen LogP contribution in [0.3, 0.4) is 0 Å². The van der Waals surface area contributed by atoms with Gasteiger partial charge in [-0.1, -0.05) is 13.0 Å². The molecule has 0 aromatic heterocycles. The number of alkyl halides is 3. The number of hydrogen-bond donors (Lipinski definition) is 1. The van der Waals surface area contributed by atoms with Gasteiger partial charge in [-0.3, -0.25) is 4.90 Å². The number of halogens is 3.